The molecule has 1 fully saturated rings. The number of carbonyl (C=O) groups excluding carboxylic acids is 1. The van der Waals surface area contributed by atoms with Crippen molar-refractivity contribution in [2.75, 3.05) is 6.54 Å². The highest BCUT2D eigenvalue weighted by Crippen LogP contribution is 2.28. The van der Waals surface area contributed by atoms with E-state index in [1.165, 1.54) is 25.1 Å². The van der Waals surface area contributed by atoms with Crippen LogP contribution in [-0.4, -0.2) is 42.3 Å². The van der Waals surface area contributed by atoms with Crippen LogP contribution in [0.2, 0.25) is 0 Å². The summed E-state index contributed by atoms with van der Waals surface area (Å²) in [6.07, 6.45) is 0.927. The minimum atomic E-state index is -3.95. The Balaban J connectivity index is 2.52. The highest BCUT2D eigenvalue weighted by atomic mass is 32.2. The molecular formula is C13H16N2O5S. The number of amides is 1. The Morgan fingerprint density at radius 1 is 1.38 bits per heavy atom. The molecule has 1 aliphatic heterocycles. The van der Waals surface area contributed by atoms with Crippen LogP contribution in [0.3, 0.4) is 0 Å². The van der Waals surface area contributed by atoms with E-state index in [-0.39, 0.29) is 22.6 Å². The normalized spacial score (nSPS) is 19.6. The summed E-state index contributed by atoms with van der Waals surface area (Å²) in [7, 11) is -3.95. The summed E-state index contributed by atoms with van der Waals surface area (Å²) >= 11 is 0. The summed E-state index contributed by atoms with van der Waals surface area (Å²) in [5.41, 5.74) is 5.31. The van der Waals surface area contributed by atoms with Crippen LogP contribution in [0.1, 0.15) is 28.8 Å². The molecule has 1 aromatic rings. The van der Waals surface area contributed by atoms with Gasteiger partial charge >= 0.3 is 5.97 Å². The Bertz CT molecular complexity index is 699. The first-order valence-electron chi connectivity index (χ1n) is 6.41. The molecule has 1 aromatic carbocycles. The topological polar surface area (TPSA) is 118 Å². The molecule has 0 aliphatic carbocycles. The van der Waals surface area contributed by atoms with Crippen LogP contribution < -0.4 is 5.73 Å². The Labute approximate surface area is 122 Å². The third kappa shape index (κ3) is 2.64. The zero-order valence-electron chi connectivity index (χ0n) is 11.4. The third-order valence-electron chi connectivity index (χ3n) is 3.63. The molecule has 1 heterocycles. The van der Waals surface area contributed by atoms with Gasteiger partial charge < -0.3 is 10.8 Å². The van der Waals surface area contributed by atoms with Crippen molar-refractivity contribution in [2.45, 2.75) is 30.7 Å². The van der Waals surface area contributed by atoms with Crippen LogP contribution in [0.25, 0.3) is 0 Å². The molecule has 1 aliphatic rings. The van der Waals surface area contributed by atoms with Gasteiger partial charge in [-0.15, -0.1) is 0 Å². The molecule has 114 valence electrons. The molecule has 1 saturated heterocycles. The summed E-state index contributed by atoms with van der Waals surface area (Å²) in [4.78, 5) is 22.4. The first-order chi connectivity index (χ1) is 9.76. The fourth-order valence-corrected chi connectivity index (χ4v) is 4.48. The standard InChI is InChI=1S/C13H16N2O5S/c1-8-9(13(17)18)4-2-6-11(8)21(19,20)15-7-3-5-10(15)12(14)16/h2,4,6,10H,3,5,7H2,1H3,(H2,14,16)(H,17,18). The summed E-state index contributed by atoms with van der Waals surface area (Å²) in [6.45, 7) is 1.64. The highest BCUT2D eigenvalue weighted by Gasteiger charge is 2.39. The van der Waals surface area contributed by atoms with E-state index in [0.29, 0.717) is 12.8 Å². The number of carboxylic acids is 1. The molecule has 3 N–H and O–H groups in total. The Morgan fingerprint density at radius 3 is 2.62 bits per heavy atom. The molecule has 0 aromatic heterocycles. The number of nitrogens with two attached hydrogens (primary N) is 1. The van der Waals surface area contributed by atoms with Gasteiger partial charge in [-0.05, 0) is 37.5 Å². The second-order valence-electron chi connectivity index (χ2n) is 4.91. The Morgan fingerprint density at radius 2 is 2.05 bits per heavy atom. The number of rotatable bonds is 4. The lowest BCUT2D eigenvalue weighted by molar-refractivity contribution is -0.121. The van der Waals surface area contributed by atoms with Crippen molar-refractivity contribution in [1.29, 1.82) is 0 Å². The van der Waals surface area contributed by atoms with Crippen molar-refractivity contribution < 1.29 is 23.1 Å². The van der Waals surface area contributed by atoms with Gasteiger partial charge in [-0.1, -0.05) is 6.07 Å². The maximum Gasteiger partial charge on any atom is 0.335 e. The first-order valence-corrected chi connectivity index (χ1v) is 7.85. The number of hydrogen-bond acceptors (Lipinski definition) is 4. The number of primary amides is 1. The molecular weight excluding hydrogens is 296 g/mol. The van der Waals surface area contributed by atoms with Crippen LogP contribution in [0.15, 0.2) is 23.1 Å². The molecule has 7 nitrogen and oxygen atoms in total. The quantitative estimate of drug-likeness (QED) is 0.830. The molecule has 2 rings (SSSR count). The van der Waals surface area contributed by atoms with Gasteiger partial charge in [-0.25, -0.2) is 13.2 Å². The number of nitrogens with zero attached hydrogens (tertiary/aromatic N) is 1. The minimum Gasteiger partial charge on any atom is -0.478 e. The molecule has 0 saturated carbocycles. The summed E-state index contributed by atoms with van der Waals surface area (Å²) in [6, 6.07) is 3.18. The third-order valence-corrected chi connectivity index (χ3v) is 5.69. The molecule has 0 bridgehead atoms. The smallest absolute Gasteiger partial charge is 0.335 e. The predicted molar refractivity (Wildman–Crippen MR) is 74.2 cm³/mol. The van der Waals surface area contributed by atoms with Crippen LogP contribution in [-0.2, 0) is 14.8 Å². The highest BCUT2D eigenvalue weighted by molar-refractivity contribution is 7.89. The number of carbonyl (C=O) groups is 2. The summed E-state index contributed by atoms with van der Waals surface area (Å²) < 4.78 is 26.4. The lowest BCUT2D eigenvalue weighted by Gasteiger charge is -2.23. The minimum absolute atomic E-state index is 0.0779. The van der Waals surface area contributed by atoms with Gasteiger partial charge in [0, 0.05) is 6.54 Å². The van der Waals surface area contributed by atoms with Crippen LogP contribution >= 0.6 is 0 Å². The van der Waals surface area contributed by atoms with Crippen LogP contribution in [0.4, 0.5) is 0 Å². The van der Waals surface area contributed by atoms with Crippen molar-refractivity contribution in [3.8, 4) is 0 Å². The van der Waals surface area contributed by atoms with E-state index in [2.05, 4.69) is 0 Å². The zero-order valence-corrected chi connectivity index (χ0v) is 12.3. The van der Waals surface area contributed by atoms with Gasteiger partial charge in [-0.2, -0.15) is 4.31 Å². The molecule has 1 atom stereocenters. The van der Waals surface area contributed by atoms with E-state index in [9.17, 15) is 18.0 Å². The van der Waals surface area contributed by atoms with Crippen molar-refractivity contribution >= 4 is 21.9 Å². The van der Waals surface area contributed by atoms with E-state index < -0.39 is 27.9 Å². The molecule has 1 unspecified atom stereocenters. The van der Waals surface area contributed by atoms with Gasteiger partial charge in [0.25, 0.3) is 0 Å². The largest absolute Gasteiger partial charge is 0.478 e. The maximum atomic E-state index is 12.7. The molecule has 1 amide bonds. The van der Waals surface area contributed by atoms with E-state index in [0.717, 1.165) is 4.31 Å². The molecule has 0 radical (unpaired) electrons. The van der Waals surface area contributed by atoms with E-state index in [1.807, 2.05) is 0 Å². The lowest BCUT2D eigenvalue weighted by atomic mass is 10.1. The van der Waals surface area contributed by atoms with Crippen molar-refractivity contribution in [3.63, 3.8) is 0 Å². The molecule has 0 spiro atoms. The van der Waals surface area contributed by atoms with Crippen molar-refractivity contribution in [3.05, 3.63) is 29.3 Å². The van der Waals surface area contributed by atoms with E-state index >= 15 is 0 Å². The van der Waals surface area contributed by atoms with Gasteiger partial charge in [0.2, 0.25) is 15.9 Å². The lowest BCUT2D eigenvalue weighted by Crippen LogP contribution is -2.43. The van der Waals surface area contributed by atoms with Crippen LogP contribution in [0.5, 0.6) is 0 Å². The van der Waals surface area contributed by atoms with Crippen molar-refractivity contribution in [1.82, 2.24) is 4.31 Å². The van der Waals surface area contributed by atoms with Gasteiger partial charge in [0.15, 0.2) is 0 Å². The zero-order chi connectivity index (χ0) is 15.8. The summed E-state index contributed by atoms with van der Waals surface area (Å²) in [5.74, 6) is -1.89. The number of carboxylic acid groups (broad SMARTS) is 1. The first kappa shape index (κ1) is 15.5. The van der Waals surface area contributed by atoms with E-state index in [4.69, 9.17) is 10.8 Å². The van der Waals surface area contributed by atoms with Gasteiger partial charge in [0.1, 0.15) is 6.04 Å². The van der Waals surface area contributed by atoms with E-state index in [1.54, 1.807) is 0 Å². The van der Waals surface area contributed by atoms with Crippen molar-refractivity contribution in [2.24, 2.45) is 5.73 Å². The Kier molecular flexibility index (Phi) is 4.02. The van der Waals surface area contributed by atoms with Gasteiger partial charge in [-0.3, -0.25) is 4.79 Å². The number of hydrogen-bond donors (Lipinski definition) is 2. The average Bonchev–Trinajstić information content (AvgIpc) is 2.88. The SMILES string of the molecule is Cc1c(C(=O)O)cccc1S(=O)(=O)N1CCCC1C(N)=O. The fraction of sp³-hybridized carbons (Fsp3) is 0.385. The second kappa shape index (κ2) is 5.45. The predicted octanol–water partition coefficient (Wildman–Crippen LogP) is 0.332. The maximum absolute atomic E-state index is 12.7. The monoisotopic (exact) mass is 312 g/mol. The number of sulfonamides is 1. The van der Waals surface area contributed by atoms with Crippen LogP contribution in [0, 0.1) is 6.92 Å². The number of aromatic carboxylic acids is 1. The average molecular weight is 312 g/mol. The molecule has 8 heteroatoms. The fourth-order valence-electron chi connectivity index (χ4n) is 2.56. The Hall–Kier alpha value is -1.93. The summed E-state index contributed by atoms with van der Waals surface area (Å²) in [5, 5.41) is 9.08. The second-order valence-corrected chi connectivity index (χ2v) is 6.77. The number of benzene rings is 1. The molecule has 21 heavy (non-hydrogen) atoms. The van der Waals surface area contributed by atoms with Gasteiger partial charge in [0.05, 0.1) is 10.5 Å².